The lowest BCUT2D eigenvalue weighted by atomic mass is 9.75. The number of allylic oxidation sites excluding steroid dienone is 3. The Kier molecular flexibility index (Phi) is 6.76. The van der Waals surface area contributed by atoms with Crippen LogP contribution < -0.4 is 10.6 Å². The van der Waals surface area contributed by atoms with Crippen molar-refractivity contribution in [1.82, 2.24) is 10.2 Å². The van der Waals surface area contributed by atoms with Crippen molar-refractivity contribution >= 4 is 17.5 Å². The lowest BCUT2D eigenvalue weighted by Crippen LogP contribution is -2.51. The molecule has 1 saturated carbocycles. The van der Waals surface area contributed by atoms with E-state index in [1.165, 1.54) is 5.56 Å². The molecule has 1 saturated heterocycles. The molecule has 2 aliphatic carbocycles. The standard InChI is InChI=1S/C32H34N4O2/c33-20-21-14-16-23(17-15-21)31(37)35-28-13-7-5-11-25(28)32(38)36-19-18-26-29(22-8-2-1-3-9-22)34-27-12-6-4-10-24(27)30(26)36/h1-4,6,8,10,12,14-17,22,25-26,28-30,34H,5,7,9,11,13,18-19H2,(H,35,37)/t22?,25-,26+,28+,29-,30-/m0/s1. The third kappa shape index (κ3) is 4.51. The summed E-state index contributed by atoms with van der Waals surface area (Å²) in [6.07, 6.45) is 14.4. The molecule has 2 aromatic rings. The van der Waals surface area contributed by atoms with E-state index in [1.807, 2.05) is 0 Å². The van der Waals surface area contributed by atoms with Gasteiger partial charge in [-0.1, -0.05) is 55.3 Å². The fourth-order valence-electron chi connectivity index (χ4n) is 7.06. The smallest absolute Gasteiger partial charge is 0.251 e. The van der Waals surface area contributed by atoms with Crippen molar-refractivity contribution in [3.63, 3.8) is 0 Å². The largest absolute Gasteiger partial charge is 0.381 e. The molecule has 2 aliphatic heterocycles. The molecule has 2 aromatic carbocycles. The molecular weight excluding hydrogens is 472 g/mol. The van der Waals surface area contributed by atoms with Gasteiger partial charge in [0.25, 0.3) is 5.91 Å². The normalized spacial score (nSPS) is 29.5. The Morgan fingerprint density at radius 2 is 1.82 bits per heavy atom. The van der Waals surface area contributed by atoms with Crippen molar-refractivity contribution in [2.75, 3.05) is 11.9 Å². The number of para-hydroxylation sites is 1. The molecule has 6 rings (SSSR count). The van der Waals surface area contributed by atoms with E-state index < -0.39 is 0 Å². The Morgan fingerprint density at radius 3 is 2.61 bits per heavy atom. The molecule has 38 heavy (non-hydrogen) atoms. The summed E-state index contributed by atoms with van der Waals surface area (Å²) in [6, 6.07) is 17.4. The Morgan fingerprint density at radius 1 is 1.00 bits per heavy atom. The van der Waals surface area contributed by atoms with E-state index in [0.29, 0.717) is 23.0 Å². The van der Waals surface area contributed by atoms with Crippen molar-refractivity contribution < 1.29 is 9.59 Å². The number of carbonyl (C=O) groups is 2. The molecule has 1 unspecified atom stereocenters. The van der Waals surface area contributed by atoms with E-state index in [0.717, 1.165) is 50.8 Å². The number of nitrogens with zero attached hydrogens (tertiary/aromatic N) is 2. The molecule has 0 radical (unpaired) electrons. The van der Waals surface area contributed by atoms with Crippen LogP contribution in [0.4, 0.5) is 5.69 Å². The molecule has 6 atom stereocenters. The van der Waals surface area contributed by atoms with Gasteiger partial charge >= 0.3 is 0 Å². The van der Waals surface area contributed by atoms with Crippen LogP contribution in [0.2, 0.25) is 0 Å². The van der Waals surface area contributed by atoms with E-state index in [9.17, 15) is 9.59 Å². The van der Waals surface area contributed by atoms with E-state index in [2.05, 4.69) is 70.2 Å². The number of benzene rings is 2. The van der Waals surface area contributed by atoms with Gasteiger partial charge in [0.2, 0.25) is 5.91 Å². The third-order valence-corrected chi connectivity index (χ3v) is 8.94. The molecule has 0 aromatic heterocycles. The maximum atomic E-state index is 14.3. The summed E-state index contributed by atoms with van der Waals surface area (Å²) in [5, 5.41) is 16.1. The number of hydrogen-bond donors (Lipinski definition) is 2. The fraction of sp³-hybridized carbons (Fsp3) is 0.406. The van der Waals surface area contributed by atoms with Crippen LogP contribution in [0.5, 0.6) is 0 Å². The van der Waals surface area contributed by atoms with Crippen LogP contribution in [0, 0.1) is 29.1 Å². The van der Waals surface area contributed by atoms with Gasteiger partial charge in [0.1, 0.15) is 0 Å². The summed E-state index contributed by atoms with van der Waals surface area (Å²) in [6.45, 7) is 0.750. The molecule has 0 bridgehead atoms. The van der Waals surface area contributed by atoms with Gasteiger partial charge < -0.3 is 15.5 Å². The number of fused-ring (bicyclic) bond motifs is 3. The first-order valence-corrected chi connectivity index (χ1v) is 13.9. The lowest BCUT2D eigenvalue weighted by Gasteiger charge is -2.44. The number of nitrogens with one attached hydrogen (secondary N) is 2. The van der Waals surface area contributed by atoms with Crippen molar-refractivity contribution in [2.45, 2.75) is 56.7 Å². The molecule has 2 fully saturated rings. The highest BCUT2D eigenvalue weighted by atomic mass is 16.2. The van der Waals surface area contributed by atoms with Crippen LogP contribution >= 0.6 is 0 Å². The fourth-order valence-corrected chi connectivity index (χ4v) is 7.06. The van der Waals surface area contributed by atoms with Gasteiger partial charge in [-0.15, -0.1) is 0 Å². The summed E-state index contributed by atoms with van der Waals surface area (Å²) >= 11 is 0. The Bertz CT molecular complexity index is 1310. The summed E-state index contributed by atoms with van der Waals surface area (Å²) in [5.41, 5.74) is 3.39. The second kappa shape index (κ2) is 10.5. The maximum Gasteiger partial charge on any atom is 0.251 e. The quantitative estimate of drug-likeness (QED) is 0.584. The summed E-state index contributed by atoms with van der Waals surface area (Å²) < 4.78 is 0. The average Bonchev–Trinajstić information content (AvgIpc) is 3.43. The number of hydrogen-bond acceptors (Lipinski definition) is 4. The Labute approximate surface area is 224 Å². The Hall–Kier alpha value is -3.85. The number of amides is 2. The molecule has 2 amide bonds. The average molecular weight is 507 g/mol. The van der Waals surface area contributed by atoms with Gasteiger partial charge in [-0.2, -0.15) is 5.26 Å². The first-order valence-electron chi connectivity index (χ1n) is 13.9. The van der Waals surface area contributed by atoms with Crippen molar-refractivity contribution in [2.24, 2.45) is 17.8 Å². The van der Waals surface area contributed by atoms with E-state index in [1.54, 1.807) is 24.3 Å². The highest BCUT2D eigenvalue weighted by molar-refractivity contribution is 5.95. The predicted molar refractivity (Wildman–Crippen MR) is 147 cm³/mol. The van der Waals surface area contributed by atoms with Gasteiger partial charge in [-0.25, -0.2) is 0 Å². The molecular formula is C32H34N4O2. The minimum absolute atomic E-state index is 0.0565. The zero-order valence-electron chi connectivity index (χ0n) is 21.6. The SMILES string of the molecule is N#Cc1ccc(C(=O)N[C@@H]2CCCC[C@@H]2C(=O)N2CC[C@@H]3[C@H](C4C=CC=CC4)Nc4ccccc4[C@@H]32)cc1. The van der Waals surface area contributed by atoms with Crippen molar-refractivity contribution in [1.29, 1.82) is 5.26 Å². The zero-order valence-corrected chi connectivity index (χ0v) is 21.6. The van der Waals surface area contributed by atoms with Crippen LogP contribution in [0.25, 0.3) is 0 Å². The first-order chi connectivity index (χ1) is 18.6. The van der Waals surface area contributed by atoms with Gasteiger partial charge in [0.15, 0.2) is 0 Å². The minimum atomic E-state index is -0.220. The molecule has 0 spiro atoms. The number of rotatable bonds is 4. The highest BCUT2D eigenvalue weighted by Gasteiger charge is 2.49. The number of anilines is 1. The number of carbonyl (C=O) groups excluding carboxylic acids is 2. The topological polar surface area (TPSA) is 85.2 Å². The molecule has 2 N–H and O–H groups in total. The first kappa shape index (κ1) is 24.5. The van der Waals surface area contributed by atoms with Gasteiger partial charge in [0.05, 0.1) is 23.6 Å². The minimum Gasteiger partial charge on any atom is -0.381 e. The molecule has 6 nitrogen and oxygen atoms in total. The third-order valence-electron chi connectivity index (χ3n) is 8.94. The molecule has 4 aliphatic rings. The van der Waals surface area contributed by atoms with E-state index in [-0.39, 0.29) is 35.9 Å². The van der Waals surface area contributed by atoms with Crippen molar-refractivity contribution in [3.05, 3.63) is 89.5 Å². The van der Waals surface area contributed by atoms with Gasteiger partial charge in [-0.05, 0) is 61.6 Å². The van der Waals surface area contributed by atoms with Crippen LogP contribution in [0.15, 0.2) is 72.8 Å². The molecule has 194 valence electrons. The maximum absolute atomic E-state index is 14.3. The summed E-state index contributed by atoms with van der Waals surface area (Å²) in [7, 11) is 0. The molecule has 2 heterocycles. The second-order valence-corrected chi connectivity index (χ2v) is 11.1. The monoisotopic (exact) mass is 506 g/mol. The second-order valence-electron chi connectivity index (χ2n) is 11.1. The number of likely N-dealkylation sites (tertiary alicyclic amines) is 1. The van der Waals surface area contributed by atoms with Crippen molar-refractivity contribution in [3.8, 4) is 6.07 Å². The van der Waals surface area contributed by atoms with Crippen LogP contribution in [0.3, 0.4) is 0 Å². The van der Waals surface area contributed by atoms with Gasteiger partial charge in [-0.3, -0.25) is 9.59 Å². The zero-order chi connectivity index (χ0) is 26.1. The van der Waals surface area contributed by atoms with Gasteiger partial charge in [0, 0.05) is 41.7 Å². The summed E-state index contributed by atoms with van der Waals surface area (Å²) in [4.78, 5) is 29.5. The molecule has 6 heteroatoms. The van der Waals surface area contributed by atoms with Crippen LogP contribution in [-0.4, -0.2) is 35.3 Å². The van der Waals surface area contributed by atoms with E-state index >= 15 is 0 Å². The Balaban J connectivity index is 1.24. The summed E-state index contributed by atoms with van der Waals surface area (Å²) in [5.74, 6) is 0.540. The lowest BCUT2D eigenvalue weighted by molar-refractivity contribution is -0.139. The number of nitriles is 1. The van der Waals surface area contributed by atoms with Crippen LogP contribution in [-0.2, 0) is 4.79 Å². The highest BCUT2D eigenvalue weighted by Crippen LogP contribution is 2.49. The predicted octanol–water partition coefficient (Wildman–Crippen LogP) is 5.36. The van der Waals surface area contributed by atoms with Crippen LogP contribution in [0.1, 0.15) is 66.1 Å². The van der Waals surface area contributed by atoms with E-state index in [4.69, 9.17) is 5.26 Å².